The normalized spacial score (nSPS) is 11.0. The van der Waals surface area contributed by atoms with Gasteiger partial charge in [0.05, 0.1) is 6.42 Å². The fourth-order valence-corrected chi connectivity index (χ4v) is 3.89. The van der Waals surface area contributed by atoms with E-state index in [9.17, 15) is 14.4 Å². The Labute approximate surface area is 178 Å². The van der Waals surface area contributed by atoms with E-state index in [1.54, 1.807) is 6.92 Å². The van der Waals surface area contributed by atoms with Crippen LogP contribution in [0.5, 0.6) is 0 Å². The number of ether oxygens (including phenoxy) is 1. The number of carbonyl (C=O) groups is 2. The van der Waals surface area contributed by atoms with Gasteiger partial charge < -0.3 is 4.74 Å². The topological polar surface area (TPSA) is 90.6 Å². The highest BCUT2D eigenvalue weighted by molar-refractivity contribution is 7.16. The van der Waals surface area contributed by atoms with Gasteiger partial charge in [-0.15, -0.1) is 0 Å². The maximum Gasteiger partial charge on any atom is 0.306 e. The van der Waals surface area contributed by atoms with Crippen LogP contribution in [0.25, 0.3) is 4.96 Å². The average Bonchev–Trinajstić information content (AvgIpc) is 3.14. The minimum absolute atomic E-state index is 0.000708. The summed E-state index contributed by atoms with van der Waals surface area (Å²) in [6.07, 6.45) is 4.64. The van der Waals surface area contributed by atoms with E-state index in [-0.39, 0.29) is 30.8 Å². The van der Waals surface area contributed by atoms with Gasteiger partial charge in [-0.05, 0) is 25.3 Å². The van der Waals surface area contributed by atoms with Crippen LogP contribution < -0.4 is 5.56 Å². The van der Waals surface area contributed by atoms with Crippen LogP contribution in [0.1, 0.15) is 65.7 Å². The van der Waals surface area contributed by atoms with Crippen molar-refractivity contribution in [3.8, 4) is 0 Å². The summed E-state index contributed by atoms with van der Waals surface area (Å²) in [7, 11) is 0. The first-order chi connectivity index (χ1) is 14.5. The van der Waals surface area contributed by atoms with Crippen molar-refractivity contribution in [1.29, 1.82) is 0 Å². The molecule has 158 valence electrons. The van der Waals surface area contributed by atoms with Gasteiger partial charge in [0.2, 0.25) is 4.96 Å². The smallest absolute Gasteiger partial charge is 0.306 e. The summed E-state index contributed by atoms with van der Waals surface area (Å²) in [4.78, 5) is 40.9. The van der Waals surface area contributed by atoms with E-state index in [1.165, 1.54) is 40.3 Å². The Hall–Kier alpha value is -2.87. The van der Waals surface area contributed by atoms with Crippen molar-refractivity contribution in [2.75, 3.05) is 0 Å². The maximum atomic E-state index is 12.3. The Bertz CT molecular complexity index is 1090. The molecule has 0 fully saturated rings. The quantitative estimate of drug-likeness (QED) is 0.277. The first kappa shape index (κ1) is 21.8. The Balaban J connectivity index is 1.47. The molecule has 2 heterocycles. The number of aryl methyl sites for hydroxylation is 2. The maximum absolute atomic E-state index is 12.3. The van der Waals surface area contributed by atoms with Crippen molar-refractivity contribution in [2.45, 2.75) is 59.0 Å². The van der Waals surface area contributed by atoms with Gasteiger partial charge in [-0.3, -0.25) is 14.4 Å². The monoisotopic (exact) mass is 427 g/mol. The zero-order valence-corrected chi connectivity index (χ0v) is 18.0. The van der Waals surface area contributed by atoms with E-state index < -0.39 is 5.97 Å². The lowest BCUT2D eigenvalue weighted by Crippen LogP contribution is -2.14. The number of benzene rings is 1. The number of fused-ring (bicyclic) bond motifs is 1. The molecule has 0 saturated heterocycles. The second kappa shape index (κ2) is 10.2. The van der Waals surface area contributed by atoms with Gasteiger partial charge in [0.25, 0.3) is 5.56 Å². The van der Waals surface area contributed by atoms with Gasteiger partial charge in [0.15, 0.2) is 10.8 Å². The van der Waals surface area contributed by atoms with Crippen LogP contribution in [-0.4, -0.2) is 26.4 Å². The molecular weight excluding hydrogens is 402 g/mol. The van der Waals surface area contributed by atoms with Crippen molar-refractivity contribution in [2.24, 2.45) is 0 Å². The van der Waals surface area contributed by atoms with Crippen LogP contribution in [-0.2, 0) is 22.6 Å². The second-order valence-electron chi connectivity index (χ2n) is 7.16. The van der Waals surface area contributed by atoms with Gasteiger partial charge in [-0.2, -0.15) is 9.61 Å². The highest BCUT2D eigenvalue weighted by Gasteiger charge is 2.13. The van der Waals surface area contributed by atoms with Crippen LogP contribution in [0.2, 0.25) is 0 Å². The molecule has 3 aromatic rings. The van der Waals surface area contributed by atoms with Crippen molar-refractivity contribution < 1.29 is 14.3 Å². The predicted molar refractivity (Wildman–Crippen MR) is 115 cm³/mol. The number of hydrogen-bond acceptors (Lipinski definition) is 7. The number of unbranched alkanes of at least 4 members (excludes halogenated alkanes) is 2. The number of ketones is 1. The van der Waals surface area contributed by atoms with Crippen molar-refractivity contribution in [3.63, 3.8) is 0 Å². The molecule has 0 amide bonds. The number of Topliss-reactive ketones (excluding diaryl/α,β-unsaturated/α-hetero) is 1. The summed E-state index contributed by atoms with van der Waals surface area (Å²) < 4.78 is 6.39. The third-order valence-corrected chi connectivity index (χ3v) is 5.55. The molecule has 0 atom stereocenters. The summed E-state index contributed by atoms with van der Waals surface area (Å²) in [6.45, 7) is 3.86. The number of rotatable bonds is 10. The Kier molecular flexibility index (Phi) is 7.46. The SMILES string of the molecule is CCCCCc1ccc(C(=O)CCC(=O)OCc2nn3c(=O)cc(C)nc3s2)cc1. The van der Waals surface area contributed by atoms with E-state index >= 15 is 0 Å². The molecule has 0 saturated carbocycles. The Morgan fingerprint density at radius 2 is 1.90 bits per heavy atom. The molecule has 0 radical (unpaired) electrons. The van der Waals surface area contributed by atoms with Crippen molar-refractivity contribution in [3.05, 3.63) is 62.5 Å². The van der Waals surface area contributed by atoms with E-state index in [0.717, 1.165) is 12.8 Å². The van der Waals surface area contributed by atoms with Crippen LogP contribution in [0.4, 0.5) is 0 Å². The van der Waals surface area contributed by atoms with E-state index in [4.69, 9.17) is 4.74 Å². The molecule has 0 bridgehead atoms. The van der Waals surface area contributed by atoms with Gasteiger partial charge in [-0.1, -0.05) is 55.4 Å². The van der Waals surface area contributed by atoms with Crippen molar-refractivity contribution >= 4 is 28.1 Å². The zero-order chi connectivity index (χ0) is 21.5. The van der Waals surface area contributed by atoms with E-state index in [0.29, 0.717) is 21.2 Å². The van der Waals surface area contributed by atoms with Crippen LogP contribution in [0.3, 0.4) is 0 Å². The third kappa shape index (κ3) is 5.82. The van der Waals surface area contributed by atoms with Crippen LogP contribution >= 0.6 is 11.3 Å². The molecule has 0 spiro atoms. The molecule has 2 aromatic heterocycles. The minimum atomic E-state index is -0.477. The van der Waals surface area contributed by atoms with Gasteiger partial charge in [0.1, 0.15) is 6.61 Å². The first-order valence-electron chi connectivity index (χ1n) is 10.1. The van der Waals surface area contributed by atoms with Crippen LogP contribution in [0.15, 0.2) is 35.1 Å². The fourth-order valence-electron chi connectivity index (χ4n) is 3.03. The molecule has 0 aliphatic carbocycles. The lowest BCUT2D eigenvalue weighted by atomic mass is 10.0. The van der Waals surface area contributed by atoms with Gasteiger partial charge in [0, 0.05) is 23.7 Å². The van der Waals surface area contributed by atoms with Crippen molar-refractivity contribution in [1.82, 2.24) is 14.6 Å². The minimum Gasteiger partial charge on any atom is -0.458 e. The van der Waals surface area contributed by atoms with E-state index in [1.807, 2.05) is 24.3 Å². The number of nitrogens with zero attached hydrogens (tertiary/aromatic N) is 3. The van der Waals surface area contributed by atoms with Crippen LogP contribution in [0, 0.1) is 6.92 Å². The molecule has 0 N–H and O–H groups in total. The van der Waals surface area contributed by atoms with Gasteiger partial charge in [-0.25, -0.2) is 4.98 Å². The summed E-state index contributed by atoms with van der Waals surface area (Å²) >= 11 is 1.19. The second-order valence-corrected chi connectivity index (χ2v) is 8.20. The Morgan fingerprint density at radius 1 is 1.13 bits per heavy atom. The molecule has 30 heavy (non-hydrogen) atoms. The molecule has 0 unspecified atom stereocenters. The predicted octanol–water partition coefficient (Wildman–Crippen LogP) is 3.90. The molecule has 1 aromatic carbocycles. The Morgan fingerprint density at radius 3 is 2.63 bits per heavy atom. The summed E-state index contributed by atoms with van der Waals surface area (Å²) in [6, 6.07) is 9.00. The highest BCUT2D eigenvalue weighted by Crippen LogP contribution is 2.14. The standard InChI is InChI=1S/C22H25N3O4S/c1-3-4-5-6-16-7-9-17(10-8-16)18(26)11-12-21(28)29-14-19-24-25-20(27)13-15(2)23-22(25)30-19/h7-10,13H,3-6,11-12,14H2,1-2H3. The highest BCUT2D eigenvalue weighted by atomic mass is 32.1. The fraction of sp³-hybridized carbons (Fsp3) is 0.409. The number of aromatic nitrogens is 3. The summed E-state index contributed by atoms with van der Waals surface area (Å²) in [5.74, 6) is -0.562. The summed E-state index contributed by atoms with van der Waals surface area (Å²) in [5, 5.41) is 4.59. The number of hydrogen-bond donors (Lipinski definition) is 0. The number of carbonyl (C=O) groups excluding carboxylic acids is 2. The molecule has 8 heteroatoms. The number of esters is 1. The van der Waals surface area contributed by atoms with Gasteiger partial charge >= 0.3 is 5.97 Å². The molecular formula is C22H25N3O4S. The summed E-state index contributed by atoms with van der Waals surface area (Å²) in [5.41, 5.74) is 2.17. The lowest BCUT2D eigenvalue weighted by molar-refractivity contribution is -0.144. The molecule has 0 aliphatic heterocycles. The molecule has 7 nitrogen and oxygen atoms in total. The van der Waals surface area contributed by atoms with E-state index in [2.05, 4.69) is 17.0 Å². The zero-order valence-electron chi connectivity index (χ0n) is 17.2. The average molecular weight is 428 g/mol. The third-order valence-electron chi connectivity index (χ3n) is 4.67. The lowest BCUT2D eigenvalue weighted by Gasteiger charge is -2.04. The largest absolute Gasteiger partial charge is 0.458 e. The first-order valence-corrected chi connectivity index (χ1v) is 10.9. The molecule has 3 rings (SSSR count). The molecule has 0 aliphatic rings.